The molecule has 2 N–H and O–H groups in total. The average molecular weight is 348 g/mol. The number of hydrogen-bond acceptors (Lipinski definition) is 3. The lowest BCUT2D eigenvalue weighted by molar-refractivity contribution is -0.138. The maximum absolute atomic E-state index is 12.7. The molecule has 5 nitrogen and oxygen atoms in total. The van der Waals surface area contributed by atoms with Crippen LogP contribution in [0.15, 0.2) is 48.5 Å². The molecule has 0 bridgehead atoms. The first-order chi connectivity index (χ1) is 11.8. The van der Waals surface area contributed by atoms with Gasteiger partial charge in [-0.05, 0) is 29.8 Å². The summed E-state index contributed by atoms with van der Waals surface area (Å²) in [6.45, 7) is 0. The van der Waals surface area contributed by atoms with E-state index in [1.165, 1.54) is 12.1 Å². The monoisotopic (exact) mass is 348 g/mol. The Bertz CT molecular complexity index is 877. The highest BCUT2D eigenvalue weighted by atomic mass is 19.4. The lowest BCUT2D eigenvalue weighted by atomic mass is 9.95. The minimum atomic E-state index is -4.57. The van der Waals surface area contributed by atoms with Crippen molar-refractivity contribution in [3.63, 3.8) is 0 Å². The molecular formula is C17H11F3N2O3. The van der Waals surface area contributed by atoms with Crippen LogP contribution in [0.4, 0.5) is 24.5 Å². The van der Waals surface area contributed by atoms with Crippen LogP contribution in [0.2, 0.25) is 0 Å². The molecule has 1 atom stereocenters. The van der Waals surface area contributed by atoms with E-state index in [1.54, 1.807) is 18.2 Å². The molecule has 1 heterocycles. The Balaban J connectivity index is 1.81. The molecule has 3 rings (SSSR count). The van der Waals surface area contributed by atoms with Crippen molar-refractivity contribution in [1.29, 1.82) is 0 Å². The Morgan fingerprint density at radius 2 is 1.76 bits per heavy atom. The Kier molecular flexibility index (Phi) is 4.03. The van der Waals surface area contributed by atoms with Crippen LogP contribution in [0.1, 0.15) is 17.0 Å². The van der Waals surface area contributed by atoms with Crippen molar-refractivity contribution in [2.45, 2.75) is 12.1 Å². The van der Waals surface area contributed by atoms with Crippen LogP contribution < -0.4 is 10.6 Å². The van der Waals surface area contributed by atoms with Gasteiger partial charge in [0, 0.05) is 11.4 Å². The molecule has 1 unspecified atom stereocenters. The zero-order valence-electron chi connectivity index (χ0n) is 12.6. The number of carbonyl (C=O) groups excluding carboxylic acids is 3. The number of alkyl halides is 3. The number of benzene rings is 2. The molecule has 0 aromatic heterocycles. The Labute approximate surface area is 139 Å². The van der Waals surface area contributed by atoms with Crippen LogP contribution in [-0.4, -0.2) is 17.6 Å². The fourth-order valence-corrected chi connectivity index (χ4v) is 2.57. The number of hydrogen-bond donors (Lipinski definition) is 2. The number of carbonyl (C=O) groups is 3. The molecule has 0 saturated heterocycles. The van der Waals surface area contributed by atoms with Gasteiger partial charge in [-0.1, -0.05) is 24.3 Å². The van der Waals surface area contributed by atoms with Gasteiger partial charge in [-0.3, -0.25) is 14.4 Å². The summed E-state index contributed by atoms with van der Waals surface area (Å²) >= 11 is 0. The van der Waals surface area contributed by atoms with Crippen LogP contribution in [0.5, 0.6) is 0 Å². The Morgan fingerprint density at radius 3 is 2.48 bits per heavy atom. The van der Waals surface area contributed by atoms with Crippen LogP contribution in [0.3, 0.4) is 0 Å². The summed E-state index contributed by atoms with van der Waals surface area (Å²) in [6.07, 6.45) is -4.57. The second kappa shape index (κ2) is 6.04. The number of fused-ring (bicyclic) bond motifs is 1. The maximum Gasteiger partial charge on any atom is 0.416 e. The van der Waals surface area contributed by atoms with Gasteiger partial charge >= 0.3 is 6.18 Å². The molecule has 2 aromatic carbocycles. The number of halogens is 3. The maximum atomic E-state index is 12.7. The zero-order chi connectivity index (χ0) is 18.2. The molecule has 128 valence electrons. The van der Waals surface area contributed by atoms with Gasteiger partial charge in [0.15, 0.2) is 0 Å². The van der Waals surface area contributed by atoms with Crippen molar-refractivity contribution in [3.05, 3.63) is 59.7 Å². The van der Waals surface area contributed by atoms with Gasteiger partial charge in [-0.15, -0.1) is 0 Å². The number of ketones is 1. The molecule has 8 heteroatoms. The molecule has 0 radical (unpaired) electrons. The fourth-order valence-electron chi connectivity index (χ4n) is 2.57. The van der Waals surface area contributed by atoms with E-state index in [9.17, 15) is 27.6 Å². The molecule has 0 spiro atoms. The van der Waals surface area contributed by atoms with Crippen molar-refractivity contribution in [3.8, 4) is 0 Å². The molecule has 0 fully saturated rings. The second-order valence-corrected chi connectivity index (χ2v) is 5.41. The summed E-state index contributed by atoms with van der Waals surface area (Å²) < 4.78 is 38.1. The predicted molar refractivity (Wildman–Crippen MR) is 82.9 cm³/mol. The van der Waals surface area contributed by atoms with Gasteiger partial charge in [0.25, 0.3) is 5.91 Å². The average Bonchev–Trinajstić information content (AvgIpc) is 2.89. The highest BCUT2D eigenvalue weighted by molar-refractivity contribution is 6.47. The van der Waals surface area contributed by atoms with E-state index < -0.39 is 35.3 Å². The first kappa shape index (κ1) is 16.7. The van der Waals surface area contributed by atoms with E-state index in [0.717, 1.165) is 12.1 Å². The second-order valence-electron chi connectivity index (χ2n) is 5.41. The lowest BCUT2D eigenvalue weighted by Crippen LogP contribution is -2.32. The third-order valence-corrected chi connectivity index (χ3v) is 3.73. The summed E-state index contributed by atoms with van der Waals surface area (Å²) in [6, 6.07) is 10.3. The smallest absolute Gasteiger partial charge is 0.325 e. The van der Waals surface area contributed by atoms with Crippen molar-refractivity contribution in [2.75, 3.05) is 10.6 Å². The quantitative estimate of drug-likeness (QED) is 0.661. The predicted octanol–water partition coefficient (Wildman–Crippen LogP) is 2.95. The normalized spacial score (nSPS) is 16.1. The van der Waals surface area contributed by atoms with E-state index in [-0.39, 0.29) is 5.69 Å². The van der Waals surface area contributed by atoms with Gasteiger partial charge in [0.1, 0.15) is 5.92 Å². The van der Waals surface area contributed by atoms with Crippen LogP contribution >= 0.6 is 0 Å². The molecular weight excluding hydrogens is 337 g/mol. The minimum Gasteiger partial charge on any atom is -0.325 e. The zero-order valence-corrected chi connectivity index (χ0v) is 12.6. The summed E-state index contributed by atoms with van der Waals surface area (Å²) in [5.74, 6) is -4.16. The van der Waals surface area contributed by atoms with E-state index in [1.807, 2.05) is 0 Å². The van der Waals surface area contributed by atoms with E-state index in [0.29, 0.717) is 17.3 Å². The topological polar surface area (TPSA) is 75.3 Å². The first-order valence-corrected chi connectivity index (χ1v) is 7.19. The fraction of sp³-hybridized carbons (Fsp3) is 0.118. The van der Waals surface area contributed by atoms with Gasteiger partial charge < -0.3 is 10.6 Å². The van der Waals surface area contributed by atoms with Crippen molar-refractivity contribution >= 4 is 29.0 Å². The minimum absolute atomic E-state index is 0.181. The highest BCUT2D eigenvalue weighted by Crippen LogP contribution is 2.33. The first-order valence-electron chi connectivity index (χ1n) is 7.19. The van der Waals surface area contributed by atoms with Gasteiger partial charge in [-0.25, -0.2) is 0 Å². The van der Waals surface area contributed by atoms with Crippen LogP contribution in [0, 0.1) is 0 Å². The Hall–Kier alpha value is -3.16. The summed E-state index contributed by atoms with van der Waals surface area (Å²) in [7, 11) is 0. The van der Waals surface area contributed by atoms with Gasteiger partial charge in [-0.2, -0.15) is 13.2 Å². The van der Waals surface area contributed by atoms with E-state index in [4.69, 9.17) is 0 Å². The van der Waals surface area contributed by atoms with Crippen LogP contribution in [-0.2, 0) is 20.6 Å². The Morgan fingerprint density at radius 1 is 1.04 bits per heavy atom. The number of nitrogens with one attached hydrogen (secondary N) is 2. The summed E-state index contributed by atoms with van der Waals surface area (Å²) in [5.41, 5.74) is -0.351. The standard InChI is InChI=1S/C17H11F3N2O3/c18-17(19,20)9-4-3-5-10(8-9)21-16(25)14(23)13-11-6-1-2-7-12(11)22-15(13)24/h1-8,13H,(H,21,25)(H,22,24). The highest BCUT2D eigenvalue weighted by Gasteiger charge is 2.39. The number of rotatable bonds is 3. The lowest BCUT2D eigenvalue weighted by Gasteiger charge is -2.11. The number of Topliss-reactive ketones (excluding diaryl/α,β-unsaturated/α-hetero) is 1. The molecule has 1 aliphatic rings. The molecule has 25 heavy (non-hydrogen) atoms. The van der Waals surface area contributed by atoms with Crippen molar-refractivity contribution in [2.24, 2.45) is 0 Å². The van der Waals surface area contributed by atoms with Gasteiger partial charge in [0.05, 0.1) is 5.56 Å². The van der Waals surface area contributed by atoms with Gasteiger partial charge in [0.2, 0.25) is 11.7 Å². The molecule has 1 aliphatic heterocycles. The van der Waals surface area contributed by atoms with Crippen molar-refractivity contribution in [1.82, 2.24) is 0 Å². The molecule has 2 aromatic rings. The molecule has 0 aliphatic carbocycles. The third kappa shape index (κ3) is 3.23. The van der Waals surface area contributed by atoms with E-state index in [2.05, 4.69) is 10.6 Å². The molecule has 0 saturated carbocycles. The number of amides is 2. The third-order valence-electron chi connectivity index (χ3n) is 3.73. The summed E-state index contributed by atoms with van der Waals surface area (Å²) in [5, 5.41) is 4.60. The van der Waals surface area contributed by atoms with E-state index >= 15 is 0 Å². The molecule has 2 amide bonds. The largest absolute Gasteiger partial charge is 0.416 e. The van der Waals surface area contributed by atoms with Crippen molar-refractivity contribution < 1.29 is 27.6 Å². The summed E-state index contributed by atoms with van der Waals surface area (Å²) in [4.78, 5) is 36.4. The number of anilines is 2. The SMILES string of the molecule is O=C(Nc1cccc(C(F)(F)F)c1)C(=O)C1C(=O)Nc2ccccc21. The number of para-hydroxylation sites is 1. The van der Waals surface area contributed by atoms with Crippen LogP contribution in [0.25, 0.3) is 0 Å².